The van der Waals surface area contributed by atoms with E-state index in [2.05, 4.69) is 10.5 Å². The number of carbonyl (C=O) groups is 2. The number of amides is 1. The zero-order valence-corrected chi connectivity index (χ0v) is 14.8. The third-order valence-corrected chi connectivity index (χ3v) is 3.55. The molecule has 0 saturated heterocycles. The van der Waals surface area contributed by atoms with Gasteiger partial charge >= 0.3 is 5.97 Å². The van der Waals surface area contributed by atoms with E-state index >= 15 is 0 Å². The Bertz CT molecular complexity index is 801. The first kappa shape index (κ1) is 19.0. The van der Waals surface area contributed by atoms with Gasteiger partial charge in [-0.15, -0.1) is 0 Å². The molecule has 0 unspecified atom stereocenters. The van der Waals surface area contributed by atoms with Gasteiger partial charge in [0.1, 0.15) is 5.75 Å². The molecule has 7 nitrogen and oxygen atoms in total. The summed E-state index contributed by atoms with van der Waals surface area (Å²) in [6.45, 7) is 1.46. The number of nitrogens with zero attached hydrogens (tertiary/aromatic N) is 2. The number of carboxylic acid groups (broad SMARTS) is 1. The van der Waals surface area contributed by atoms with Crippen LogP contribution in [-0.4, -0.2) is 43.4 Å². The molecule has 0 spiro atoms. The number of rotatable bonds is 7. The number of hydrazone groups is 1. The highest BCUT2D eigenvalue weighted by molar-refractivity contribution is 5.95. The van der Waals surface area contributed by atoms with Crippen molar-refractivity contribution in [2.75, 3.05) is 19.0 Å². The summed E-state index contributed by atoms with van der Waals surface area (Å²) in [6.07, 6.45) is 0.574. The van der Waals surface area contributed by atoms with Gasteiger partial charge in [0.25, 0.3) is 5.91 Å². The van der Waals surface area contributed by atoms with Gasteiger partial charge < -0.3 is 14.7 Å². The number of hydrogen-bond donors (Lipinski definition) is 2. The zero-order chi connectivity index (χ0) is 19.1. The molecule has 136 valence electrons. The summed E-state index contributed by atoms with van der Waals surface area (Å²) in [5, 5.41) is 12.8. The van der Waals surface area contributed by atoms with Crippen molar-refractivity contribution in [3.63, 3.8) is 0 Å². The minimum absolute atomic E-state index is 0.305. The van der Waals surface area contributed by atoms with Crippen LogP contribution in [0.25, 0.3) is 0 Å². The van der Waals surface area contributed by atoms with Crippen LogP contribution in [0, 0.1) is 0 Å². The molecule has 1 atom stereocenters. The molecule has 2 aromatic rings. The Hall–Kier alpha value is -3.35. The highest BCUT2D eigenvalue weighted by Gasteiger charge is 2.11. The molecule has 7 heteroatoms. The maximum atomic E-state index is 12.1. The maximum Gasteiger partial charge on any atom is 0.344 e. The second-order valence-corrected chi connectivity index (χ2v) is 5.81. The normalized spacial score (nSPS) is 11.8. The summed E-state index contributed by atoms with van der Waals surface area (Å²) in [4.78, 5) is 24.8. The van der Waals surface area contributed by atoms with Crippen LogP contribution in [0.3, 0.4) is 0 Å². The fourth-order valence-corrected chi connectivity index (χ4v) is 2.04. The summed E-state index contributed by atoms with van der Waals surface area (Å²) >= 11 is 0. The summed E-state index contributed by atoms with van der Waals surface area (Å²) in [5.74, 6) is -0.890. The number of anilines is 1. The molecule has 0 aliphatic rings. The third-order valence-electron chi connectivity index (χ3n) is 3.55. The Labute approximate surface area is 151 Å². The maximum absolute atomic E-state index is 12.1. The van der Waals surface area contributed by atoms with Gasteiger partial charge in [0.05, 0.1) is 6.21 Å². The van der Waals surface area contributed by atoms with Crippen LogP contribution in [0.1, 0.15) is 22.8 Å². The van der Waals surface area contributed by atoms with Crippen molar-refractivity contribution < 1.29 is 19.4 Å². The van der Waals surface area contributed by atoms with Crippen LogP contribution in [0.15, 0.2) is 53.6 Å². The van der Waals surface area contributed by atoms with Gasteiger partial charge in [-0.2, -0.15) is 5.10 Å². The SMILES string of the molecule is C[C@H](Oc1ccc(/C=N\NC(=O)c2cccc(N(C)C)c2)cc1)C(=O)O. The molecule has 0 bridgehead atoms. The monoisotopic (exact) mass is 355 g/mol. The molecule has 0 saturated carbocycles. The minimum Gasteiger partial charge on any atom is -0.479 e. The standard InChI is InChI=1S/C19H21N3O4/c1-13(19(24)25)26-17-9-7-14(8-10-17)12-20-21-18(23)15-5-4-6-16(11-15)22(2)3/h4-13H,1-3H3,(H,21,23)(H,24,25)/b20-12-/t13-/m0/s1. The molecule has 1 amide bonds. The van der Waals surface area contributed by atoms with Crippen LogP contribution >= 0.6 is 0 Å². The van der Waals surface area contributed by atoms with Gasteiger partial charge in [-0.05, 0) is 55.0 Å². The molecule has 0 fully saturated rings. The number of hydrogen-bond acceptors (Lipinski definition) is 5. The summed E-state index contributed by atoms with van der Waals surface area (Å²) in [6, 6.07) is 13.9. The quantitative estimate of drug-likeness (QED) is 0.588. The number of carboxylic acids is 1. The predicted molar refractivity (Wildman–Crippen MR) is 100.0 cm³/mol. The van der Waals surface area contributed by atoms with E-state index in [1.54, 1.807) is 36.4 Å². The average molecular weight is 355 g/mol. The summed E-state index contributed by atoms with van der Waals surface area (Å²) in [7, 11) is 3.81. The molecule has 0 heterocycles. The van der Waals surface area contributed by atoms with Gasteiger partial charge in [0.15, 0.2) is 6.10 Å². The van der Waals surface area contributed by atoms with Gasteiger partial charge in [0.2, 0.25) is 0 Å². The van der Waals surface area contributed by atoms with Crippen molar-refractivity contribution in [1.29, 1.82) is 0 Å². The number of ether oxygens (including phenoxy) is 1. The first-order chi connectivity index (χ1) is 12.4. The molecule has 26 heavy (non-hydrogen) atoms. The lowest BCUT2D eigenvalue weighted by molar-refractivity contribution is -0.144. The lowest BCUT2D eigenvalue weighted by Gasteiger charge is -2.12. The number of carbonyl (C=O) groups excluding carboxylic acids is 1. The molecule has 0 aliphatic heterocycles. The lowest BCUT2D eigenvalue weighted by Crippen LogP contribution is -2.22. The van der Waals surface area contributed by atoms with Crippen molar-refractivity contribution in [3.8, 4) is 5.75 Å². The van der Waals surface area contributed by atoms with Crippen LogP contribution in [0.4, 0.5) is 5.69 Å². The Kier molecular flexibility index (Phi) is 6.32. The largest absolute Gasteiger partial charge is 0.479 e. The minimum atomic E-state index is -1.03. The molecule has 2 aromatic carbocycles. The van der Waals surface area contributed by atoms with E-state index in [9.17, 15) is 9.59 Å². The zero-order valence-electron chi connectivity index (χ0n) is 14.8. The number of benzene rings is 2. The number of nitrogens with one attached hydrogen (secondary N) is 1. The Morgan fingerprint density at radius 2 is 1.88 bits per heavy atom. The Morgan fingerprint density at radius 1 is 1.19 bits per heavy atom. The molecule has 2 N–H and O–H groups in total. The first-order valence-corrected chi connectivity index (χ1v) is 7.97. The van der Waals surface area contributed by atoms with E-state index in [-0.39, 0.29) is 5.91 Å². The highest BCUT2D eigenvalue weighted by atomic mass is 16.5. The van der Waals surface area contributed by atoms with E-state index < -0.39 is 12.1 Å². The molecule has 0 aliphatic carbocycles. The average Bonchev–Trinajstić information content (AvgIpc) is 2.63. The topological polar surface area (TPSA) is 91.2 Å². The summed E-state index contributed by atoms with van der Waals surface area (Å²) < 4.78 is 5.24. The predicted octanol–water partition coefficient (Wildman–Crippen LogP) is 2.37. The second kappa shape index (κ2) is 8.66. The lowest BCUT2D eigenvalue weighted by atomic mass is 10.2. The first-order valence-electron chi connectivity index (χ1n) is 7.97. The number of aliphatic carboxylic acids is 1. The Morgan fingerprint density at radius 3 is 2.50 bits per heavy atom. The van der Waals surface area contributed by atoms with Crippen molar-refractivity contribution in [3.05, 3.63) is 59.7 Å². The van der Waals surface area contributed by atoms with E-state index in [0.29, 0.717) is 11.3 Å². The molecular weight excluding hydrogens is 334 g/mol. The van der Waals surface area contributed by atoms with E-state index in [4.69, 9.17) is 9.84 Å². The smallest absolute Gasteiger partial charge is 0.344 e. The van der Waals surface area contributed by atoms with Crippen molar-refractivity contribution in [2.24, 2.45) is 5.10 Å². The van der Waals surface area contributed by atoms with Crippen LogP contribution in [0.5, 0.6) is 5.75 Å². The van der Waals surface area contributed by atoms with Gasteiger partial charge in [-0.25, -0.2) is 10.2 Å². The van der Waals surface area contributed by atoms with E-state index in [1.165, 1.54) is 13.1 Å². The summed E-state index contributed by atoms with van der Waals surface area (Å²) in [5.41, 5.74) is 4.65. The molecular formula is C19H21N3O4. The van der Waals surface area contributed by atoms with E-state index in [0.717, 1.165) is 11.3 Å². The highest BCUT2D eigenvalue weighted by Crippen LogP contribution is 2.14. The fourth-order valence-electron chi connectivity index (χ4n) is 2.04. The molecule has 2 rings (SSSR count). The van der Waals surface area contributed by atoms with Gasteiger partial charge in [0, 0.05) is 25.3 Å². The van der Waals surface area contributed by atoms with Crippen LogP contribution in [0.2, 0.25) is 0 Å². The van der Waals surface area contributed by atoms with Gasteiger partial charge in [-0.3, -0.25) is 4.79 Å². The molecule has 0 radical (unpaired) electrons. The van der Waals surface area contributed by atoms with Crippen LogP contribution in [-0.2, 0) is 4.79 Å². The molecule has 0 aromatic heterocycles. The van der Waals surface area contributed by atoms with E-state index in [1.807, 2.05) is 31.1 Å². The Balaban J connectivity index is 1.94. The van der Waals surface area contributed by atoms with Gasteiger partial charge in [-0.1, -0.05) is 6.07 Å². The van der Waals surface area contributed by atoms with Crippen molar-refractivity contribution >= 4 is 23.8 Å². The third kappa shape index (κ3) is 5.34. The fraction of sp³-hybridized carbons (Fsp3) is 0.211. The second-order valence-electron chi connectivity index (χ2n) is 5.81. The van der Waals surface area contributed by atoms with Crippen molar-refractivity contribution in [1.82, 2.24) is 5.43 Å². The van der Waals surface area contributed by atoms with Crippen LogP contribution < -0.4 is 15.1 Å². The van der Waals surface area contributed by atoms with Crippen molar-refractivity contribution in [2.45, 2.75) is 13.0 Å².